The topological polar surface area (TPSA) is 344 Å². The number of hydrogen-bond donors (Lipinski definition) is 3. The van der Waals surface area contributed by atoms with Gasteiger partial charge in [0, 0.05) is 48.2 Å². The number of ether oxygens (including phenoxy) is 4. The quantitative estimate of drug-likeness (QED) is 0.0460. The van der Waals surface area contributed by atoms with Crippen molar-refractivity contribution in [2.75, 3.05) is 45.1 Å². The first kappa shape index (κ1) is 79.9. The number of urea groups is 1. The Morgan fingerprint density at radius 1 is 0.705 bits per heavy atom. The number of aromatic nitrogens is 7. The number of methoxy groups -OCH3 is 1. The van der Waals surface area contributed by atoms with Crippen LogP contribution < -0.4 is 30.6 Å². The molecule has 0 unspecified atom stereocenters. The van der Waals surface area contributed by atoms with E-state index in [1.807, 2.05) is 81.4 Å². The van der Waals surface area contributed by atoms with Crippen molar-refractivity contribution in [2.45, 2.75) is 122 Å². The first-order valence-electron chi connectivity index (χ1n) is 32.4. The van der Waals surface area contributed by atoms with Crippen molar-refractivity contribution in [2.24, 2.45) is 22.8 Å². The molecule has 35 heteroatoms. The highest BCUT2D eigenvalue weighted by Crippen LogP contribution is 2.42. The number of carbonyl (C=O) groups is 4. The number of nitrogens with one attached hydrogen (secondary N) is 3. The molecule has 3 N–H and O–H groups in total. The van der Waals surface area contributed by atoms with Crippen molar-refractivity contribution in [3.05, 3.63) is 198 Å². The number of esters is 2. The third-order valence-corrected chi connectivity index (χ3v) is 18.7. The molecule has 2 amide bonds. The second-order valence-corrected chi connectivity index (χ2v) is 28.3. The number of fused-ring (bicyclic) bond motifs is 1. The number of carbonyl (C=O) groups excluding carboxylic acids is 4. The molecule has 560 valence electrons. The molecule has 0 bridgehead atoms. The highest BCUT2D eigenvalue weighted by molar-refractivity contribution is 7.91. The maximum Gasteiger partial charge on any atom is 0.451 e. The first-order valence-corrected chi connectivity index (χ1v) is 35.8. The largest absolute Gasteiger partial charge is 0.467 e. The van der Waals surface area contributed by atoms with Gasteiger partial charge >= 0.3 is 36.3 Å². The van der Waals surface area contributed by atoms with E-state index < -0.39 is 94.8 Å². The van der Waals surface area contributed by atoms with Gasteiger partial charge in [-0.3, -0.25) is 29.2 Å². The Labute approximate surface area is 598 Å². The monoisotopic (exact) mass is 1500 g/mol. The number of oxime groups is 2. The number of sulfonamides is 1. The van der Waals surface area contributed by atoms with Crippen molar-refractivity contribution in [1.82, 2.24) is 38.8 Å². The summed E-state index contributed by atoms with van der Waals surface area (Å²) in [6.45, 7) is 17.6. The fourth-order valence-electron chi connectivity index (χ4n) is 11.2. The summed E-state index contributed by atoms with van der Waals surface area (Å²) in [5, 5.41) is 12.1. The maximum atomic E-state index is 13.5. The molecule has 105 heavy (non-hydrogen) atoms. The Morgan fingerprint density at radius 3 is 1.83 bits per heavy atom. The van der Waals surface area contributed by atoms with Gasteiger partial charge in [-0.25, -0.2) is 40.5 Å². The lowest BCUT2D eigenvalue weighted by Gasteiger charge is -2.27. The fraction of sp³-hybridized carbons (Fsp3) is 0.357. The summed E-state index contributed by atoms with van der Waals surface area (Å²) in [4.78, 5) is 93.6. The molecule has 6 heterocycles. The smallest absolute Gasteiger partial charge is 0.451 e. The average Bonchev–Trinajstić information content (AvgIpc) is 1.80. The third kappa shape index (κ3) is 18.6. The average molecular weight is 1500 g/mol. The van der Waals surface area contributed by atoms with E-state index in [1.165, 1.54) is 40.3 Å². The number of aromatic amines is 1. The van der Waals surface area contributed by atoms with Crippen molar-refractivity contribution >= 4 is 61.0 Å². The fourth-order valence-corrected chi connectivity index (χ4v) is 13.3. The van der Waals surface area contributed by atoms with E-state index in [0.717, 1.165) is 66.2 Å². The number of benzene rings is 5. The number of alkyl halides is 6. The lowest BCUT2D eigenvalue weighted by atomic mass is 9.82. The molecule has 0 spiro atoms. The first-order chi connectivity index (χ1) is 49.4. The van der Waals surface area contributed by atoms with Gasteiger partial charge in [0.05, 0.1) is 72.9 Å². The zero-order valence-corrected chi connectivity index (χ0v) is 60.4. The predicted molar refractivity (Wildman–Crippen MR) is 370 cm³/mol. The van der Waals surface area contributed by atoms with Crippen LogP contribution in [-0.4, -0.2) is 126 Å². The van der Waals surface area contributed by atoms with E-state index in [-0.39, 0.29) is 27.6 Å². The van der Waals surface area contributed by atoms with Gasteiger partial charge in [-0.15, -0.1) is 0 Å². The molecule has 3 aliphatic heterocycles. The van der Waals surface area contributed by atoms with Gasteiger partial charge in [0.25, 0.3) is 21.1 Å². The van der Waals surface area contributed by atoms with E-state index in [9.17, 15) is 71.9 Å². The third-order valence-electron chi connectivity index (χ3n) is 16.2. The molecule has 0 atom stereocenters. The zero-order valence-electron chi connectivity index (χ0n) is 58.7. The molecule has 27 nitrogen and oxygen atoms in total. The number of aryl methyl sites for hydroxylation is 4. The summed E-state index contributed by atoms with van der Waals surface area (Å²) in [6, 6.07) is 27.1. The minimum absolute atomic E-state index is 0.00623. The lowest BCUT2D eigenvalue weighted by Crippen LogP contribution is -2.36. The SMILES string of the molecule is CCOC(=O)C1=NOC(c2ccccc2)(c2ccccc2)C1.CCc1cc(C)cc(CC)c1-c1c(OC(=O)C(C)(C)C)n2n(c1=O)CCOCC2.COc1nc(NC(=O)NS(=O)(=O)c2ccccc2C(F)(F)F)nc(C(F)(F)F)n1.Cc1c(C(=O)c2c[nH]n(C)c2=O)ccc(S(C)(=O)=O)c1C1=NOCC1. The Bertz CT molecular complexity index is 4930. The van der Waals surface area contributed by atoms with Crippen LogP contribution in [0.5, 0.6) is 11.9 Å². The minimum Gasteiger partial charge on any atom is -0.467 e. The number of nitrogens with zero attached hydrogens (tertiary/aromatic N) is 8. The Hall–Kier alpha value is -10.8. The van der Waals surface area contributed by atoms with E-state index in [2.05, 4.69) is 68.0 Å². The zero-order chi connectivity index (χ0) is 77.1. The molecule has 0 aliphatic carbocycles. The highest BCUT2D eigenvalue weighted by Gasteiger charge is 2.46. The molecule has 0 radical (unpaired) electrons. The van der Waals surface area contributed by atoms with Crippen LogP contribution in [0.4, 0.5) is 37.1 Å². The number of hydrogen-bond acceptors (Lipinski definition) is 21. The van der Waals surface area contributed by atoms with E-state index in [1.54, 1.807) is 28.5 Å². The summed E-state index contributed by atoms with van der Waals surface area (Å²) in [6.07, 6.45) is -5.26. The van der Waals surface area contributed by atoms with Crippen molar-refractivity contribution < 1.29 is 91.0 Å². The molecular formula is C70H75F6N11O16S2. The van der Waals surface area contributed by atoms with Gasteiger partial charge in [-0.05, 0) is 101 Å². The van der Waals surface area contributed by atoms with Crippen molar-refractivity contribution in [1.29, 1.82) is 0 Å². The molecule has 11 rings (SSSR count). The number of rotatable bonds is 16. The van der Waals surface area contributed by atoms with Crippen molar-refractivity contribution in [3.8, 4) is 23.0 Å². The summed E-state index contributed by atoms with van der Waals surface area (Å²) >= 11 is 0. The summed E-state index contributed by atoms with van der Waals surface area (Å²) in [5.41, 5.74) is 5.02. The summed E-state index contributed by atoms with van der Waals surface area (Å²) in [5.74, 6) is -3.72. The molecule has 8 aromatic rings. The number of amides is 2. The molecule has 5 aromatic carbocycles. The van der Waals surface area contributed by atoms with Crippen LogP contribution in [0.2, 0.25) is 0 Å². The molecule has 0 fully saturated rings. The number of ketones is 1. The number of anilines is 1. The molecule has 3 aliphatic rings. The maximum absolute atomic E-state index is 13.5. The van der Waals surface area contributed by atoms with E-state index >= 15 is 0 Å². The Morgan fingerprint density at radius 2 is 1.30 bits per heavy atom. The van der Waals surface area contributed by atoms with Crippen LogP contribution in [-0.2, 0) is 99.5 Å². The minimum atomic E-state index is -5.05. The molecule has 0 saturated heterocycles. The van der Waals surface area contributed by atoms with Gasteiger partial charge in [0.2, 0.25) is 17.7 Å². The van der Waals surface area contributed by atoms with Gasteiger partial charge in [0.1, 0.15) is 17.7 Å². The van der Waals surface area contributed by atoms with E-state index in [0.29, 0.717) is 98.5 Å². The van der Waals surface area contributed by atoms with Crippen LogP contribution in [0.3, 0.4) is 0 Å². The predicted octanol–water partition coefficient (Wildman–Crippen LogP) is 10.2. The van der Waals surface area contributed by atoms with Gasteiger partial charge in [-0.2, -0.15) is 41.3 Å². The van der Waals surface area contributed by atoms with Crippen LogP contribution in [0.15, 0.2) is 145 Å². The normalized spacial score (nSPS) is 14.1. The van der Waals surface area contributed by atoms with Gasteiger partial charge in [0.15, 0.2) is 26.9 Å². The molecule has 0 saturated carbocycles. The Balaban J connectivity index is 0.000000178. The highest BCUT2D eigenvalue weighted by atomic mass is 32.2. The number of H-pyrrole nitrogens is 1. The number of sulfone groups is 1. The van der Waals surface area contributed by atoms with Crippen LogP contribution in [0, 0.1) is 19.3 Å². The Kier molecular flexibility index (Phi) is 25.0. The van der Waals surface area contributed by atoms with Crippen LogP contribution >= 0.6 is 0 Å². The second kappa shape index (κ2) is 32.9. The van der Waals surface area contributed by atoms with Gasteiger partial charge < -0.3 is 33.7 Å². The molecule has 3 aromatic heterocycles. The number of halogens is 6. The lowest BCUT2D eigenvalue weighted by molar-refractivity contribution is -0.145. The van der Waals surface area contributed by atoms with Crippen LogP contribution in [0.1, 0.15) is 121 Å². The summed E-state index contributed by atoms with van der Waals surface area (Å²) in [7, 11) is -6.16. The second-order valence-electron chi connectivity index (χ2n) is 24.6. The van der Waals surface area contributed by atoms with Crippen molar-refractivity contribution in [3.63, 3.8) is 0 Å². The standard InChI is InChI=1S/C23H32N2O4.C18H17NO3.C16H17N3O5S.C13H9F6N5O4S/c1-7-16-13-15(3)14-17(8-2)18(16)19-20(26)24-9-11-28-12-10-25(24)21(19)29-22(27)23(4,5)6;1-2-21-17(20)16-13-18(22-19-16,14-9-5-3-6-10-14)15-11-7-4-8-12-15;1-9-10(15(20)11-8-17-19(2)16(11)21)4-5-13(25(3,22)23)14(9)12-6-7-24-18-12;1-28-11-21-8(13(17,18)19)20-9(23-11)22-10(25)24-29(26,27)7-5-3-2-4-6(7)12(14,15)16/h13-14H,7-12H2,1-6H3;3-12H,2,13H2,1H3;4-5,8,17H,6-7H2,1-3H3;2-5H,1H3,(H2,20,21,22,23,24,25). The van der Waals surface area contributed by atoms with Crippen LogP contribution in [0.25, 0.3) is 11.1 Å². The van der Waals surface area contributed by atoms with Gasteiger partial charge in [-0.1, -0.05) is 115 Å². The van der Waals surface area contributed by atoms with E-state index in [4.69, 9.17) is 23.9 Å². The summed E-state index contributed by atoms with van der Waals surface area (Å²) < 4.78 is 152. The molecular weight excluding hydrogens is 1430 g/mol.